The first-order valence-corrected chi connectivity index (χ1v) is 7.57. The van der Waals surface area contributed by atoms with Crippen molar-refractivity contribution >= 4 is 22.6 Å². The van der Waals surface area contributed by atoms with Gasteiger partial charge in [-0.1, -0.05) is 12.1 Å². The molecule has 0 radical (unpaired) electrons. The van der Waals surface area contributed by atoms with E-state index in [0.717, 1.165) is 5.39 Å². The largest absolute Gasteiger partial charge is 0.519 e. The number of nitro benzene ring substituents is 1. The van der Waals surface area contributed by atoms with Crippen molar-refractivity contribution in [2.45, 2.75) is 0 Å². The predicted octanol–water partition coefficient (Wildman–Crippen LogP) is 4.05. The number of nitro groups is 1. The molecule has 0 atom stereocenters. The van der Waals surface area contributed by atoms with Crippen LogP contribution in [0.5, 0.6) is 23.0 Å². The molecule has 0 saturated carbocycles. The maximum absolute atomic E-state index is 12.0. The maximum Gasteiger partial charge on any atom is 0.519 e. The van der Waals surface area contributed by atoms with Gasteiger partial charge in [-0.25, -0.2) is 4.79 Å². The van der Waals surface area contributed by atoms with E-state index < -0.39 is 11.1 Å². The molecule has 8 heteroatoms. The first kappa shape index (κ1) is 15.7. The molecule has 1 aliphatic heterocycles. The summed E-state index contributed by atoms with van der Waals surface area (Å²) in [6, 6.07) is 13.9. The molecule has 0 amide bonds. The van der Waals surface area contributed by atoms with E-state index in [2.05, 4.69) is 0 Å². The summed E-state index contributed by atoms with van der Waals surface area (Å²) in [7, 11) is 0. The van der Waals surface area contributed by atoms with Gasteiger partial charge in [0.05, 0.1) is 4.92 Å². The lowest BCUT2D eigenvalue weighted by molar-refractivity contribution is -0.384. The van der Waals surface area contributed by atoms with E-state index in [1.807, 2.05) is 6.07 Å². The molecule has 0 saturated heterocycles. The van der Waals surface area contributed by atoms with Gasteiger partial charge in [0, 0.05) is 17.5 Å². The van der Waals surface area contributed by atoms with Gasteiger partial charge in [-0.3, -0.25) is 10.1 Å². The summed E-state index contributed by atoms with van der Waals surface area (Å²) >= 11 is 0. The van der Waals surface area contributed by atoms with Crippen LogP contribution in [0, 0.1) is 10.1 Å². The summed E-state index contributed by atoms with van der Waals surface area (Å²) in [6.07, 6.45) is -0.955. The monoisotopic (exact) mass is 353 g/mol. The molecule has 26 heavy (non-hydrogen) atoms. The molecule has 0 unspecified atom stereocenters. The van der Waals surface area contributed by atoms with E-state index in [0.29, 0.717) is 22.6 Å². The van der Waals surface area contributed by atoms with Crippen LogP contribution in [0.25, 0.3) is 10.8 Å². The molecular formula is C18H11NO7. The molecule has 3 aromatic rings. The Morgan fingerprint density at radius 1 is 1.00 bits per heavy atom. The lowest BCUT2D eigenvalue weighted by Crippen LogP contribution is -2.13. The number of non-ortho nitro benzene ring substituents is 1. The van der Waals surface area contributed by atoms with E-state index in [-0.39, 0.29) is 18.2 Å². The number of hydrogen-bond donors (Lipinski definition) is 0. The zero-order chi connectivity index (χ0) is 18.1. The van der Waals surface area contributed by atoms with Crippen LogP contribution in [0.4, 0.5) is 10.5 Å². The summed E-state index contributed by atoms with van der Waals surface area (Å²) < 4.78 is 21.0. The minimum Gasteiger partial charge on any atom is -0.454 e. The second-order valence-corrected chi connectivity index (χ2v) is 5.39. The summed E-state index contributed by atoms with van der Waals surface area (Å²) in [5.41, 5.74) is -0.101. The Hall–Kier alpha value is -3.81. The standard InChI is InChI=1S/C18H11NO7/c20-18(25-13-6-4-12(5-7-13)19(21)22)26-15-3-1-2-11-8-16-17(9-14(11)15)24-10-23-16/h1-9H,10H2. The van der Waals surface area contributed by atoms with Crippen LogP contribution in [-0.4, -0.2) is 17.9 Å². The molecule has 1 heterocycles. The maximum atomic E-state index is 12.0. The van der Waals surface area contributed by atoms with Crippen molar-refractivity contribution in [2.24, 2.45) is 0 Å². The van der Waals surface area contributed by atoms with Gasteiger partial charge in [0.25, 0.3) is 5.69 Å². The molecule has 0 N–H and O–H groups in total. The van der Waals surface area contributed by atoms with Crippen molar-refractivity contribution in [2.75, 3.05) is 6.79 Å². The summed E-state index contributed by atoms with van der Waals surface area (Å²) in [6.45, 7) is 0.143. The Labute approximate surface area is 146 Å². The van der Waals surface area contributed by atoms with Crippen molar-refractivity contribution in [3.05, 3.63) is 64.7 Å². The van der Waals surface area contributed by atoms with E-state index in [9.17, 15) is 14.9 Å². The Kier molecular flexibility index (Phi) is 3.77. The molecule has 0 bridgehead atoms. The summed E-state index contributed by atoms with van der Waals surface area (Å²) in [4.78, 5) is 22.1. The van der Waals surface area contributed by atoms with Gasteiger partial charge < -0.3 is 18.9 Å². The van der Waals surface area contributed by atoms with E-state index in [1.54, 1.807) is 24.3 Å². The van der Waals surface area contributed by atoms with E-state index in [4.69, 9.17) is 18.9 Å². The van der Waals surface area contributed by atoms with Gasteiger partial charge >= 0.3 is 6.16 Å². The zero-order valence-electron chi connectivity index (χ0n) is 13.2. The second kappa shape index (κ2) is 6.25. The highest BCUT2D eigenvalue weighted by Gasteiger charge is 2.17. The van der Waals surface area contributed by atoms with Crippen LogP contribution in [0.1, 0.15) is 0 Å². The third-order valence-electron chi connectivity index (χ3n) is 3.78. The number of hydrogen-bond acceptors (Lipinski definition) is 7. The molecule has 3 aromatic carbocycles. The normalized spacial score (nSPS) is 12.0. The first-order chi connectivity index (χ1) is 12.6. The summed E-state index contributed by atoms with van der Waals surface area (Å²) in [5, 5.41) is 12.1. The Morgan fingerprint density at radius 2 is 1.73 bits per heavy atom. The van der Waals surface area contributed by atoms with Crippen molar-refractivity contribution in [3.8, 4) is 23.0 Å². The Bertz CT molecular complexity index is 1010. The fourth-order valence-corrected chi connectivity index (χ4v) is 2.57. The molecule has 130 valence electrons. The molecule has 0 fully saturated rings. The highest BCUT2D eigenvalue weighted by molar-refractivity contribution is 5.92. The number of nitrogens with zero attached hydrogens (tertiary/aromatic N) is 1. The lowest BCUT2D eigenvalue weighted by Gasteiger charge is -2.09. The van der Waals surface area contributed by atoms with Crippen molar-refractivity contribution in [1.29, 1.82) is 0 Å². The van der Waals surface area contributed by atoms with Crippen LogP contribution in [0.3, 0.4) is 0 Å². The highest BCUT2D eigenvalue weighted by Crippen LogP contribution is 2.39. The van der Waals surface area contributed by atoms with Crippen LogP contribution in [0.15, 0.2) is 54.6 Å². The number of ether oxygens (including phenoxy) is 4. The van der Waals surface area contributed by atoms with Gasteiger partial charge in [-0.15, -0.1) is 0 Å². The van der Waals surface area contributed by atoms with Crippen LogP contribution < -0.4 is 18.9 Å². The van der Waals surface area contributed by atoms with Gasteiger partial charge in [-0.2, -0.15) is 0 Å². The van der Waals surface area contributed by atoms with Crippen LogP contribution in [-0.2, 0) is 0 Å². The lowest BCUT2D eigenvalue weighted by atomic mass is 10.1. The smallest absolute Gasteiger partial charge is 0.454 e. The van der Waals surface area contributed by atoms with E-state index >= 15 is 0 Å². The van der Waals surface area contributed by atoms with Crippen molar-refractivity contribution in [3.63, 3.8) is 0 Å². The van der Waals surface area contributed by atoms with Crippen LogP contribution >= 0.6 is 0 Å². The highest BCUT2D eigenvalue weighted by atomic mass is 16.7. The summed E-state index contributed by atoms with van der Waals surface area (Å²) in [5.74, 6) is 1.63. The average molecular weight is 353 g/mol. The van der Waals surface area contributed by atoms with Gasteiger partial charge in [0.2, 0.25) is 6.79 Å². The average Bonchev–Trinajstić information content (AvgIpc) is 3.08. The second-order valence-electron chi connectivity index (χ2n) is 5.39. The SMILES string of the molecule is O=C(Oc1ccc([N+](=O)[O-])cc1)Oc1cccc2cc3c(cc12)OCO3. The van der Waals surface area contributed by atoms with Gasteiger partial charge in [-0.05, 0) is 35.7 Å². The number of fused-ring (bicyclic) bond motifs is 2. The number of carbonyl (C=O) groups excluding carboxylic acids is 1. The zero-order valence-corrected chi connectivity index (χ0v) is 13.2. The third-order valence-corrected chi connectivity index (χ3v) is 3.78. The molecule has 0 spiro atoms. The molecular weight excluding hydrogens is 342 g/mol. The van der Waals surface area contributed by atoms with Crippen molar-refractivity contribution < 1.29 is 28.7 Å². The number of benzene rings is 3. The fourth-order valence-electron chi connectivity index (χ4n) is 2.57. The minimum atomic E-state index is -0.955. The van der Waals surface area contributed by atoms with Gasteiger partial charge in [0.15, 0.2) is 11.5 Å². The molecule has 8 nitrogen and oxygen atoms in total. The van der Waals surface area contributed by atoms with Gasteiger partial charge in [0.1, 0.15) is 11.5 Å². The number of carbonyl (C=O) groups is 1. The van der Waals surface area contributed by atoms with E-state index in [1.165, 1.54) is 24.3 Å². The van der Waals surface area contributed by atoms with Crippen molar-refractivity contribution in [1.82, 2.24) is 0 Å². The molecule has 4 rings (SSSR count). The van der Waals surface area contributed by atoms with Crippen LogP contribution in [0.2, 0.25) is 0 Å². The molecule has 0 aromatic heterocycles. The molecule has 1 aliphatic rings. The predicted molar refractivity (Wildman–Crippen MR) is 89.8 cm³/mol. The quantitative estimate of drug-likeness (QED) is 0.303. The molecule has 0 aliphatic carbocycles. The Balaban J connectivity index is 1.55. The third kappa shape index (κ3) is 2.95. The topological polar surface area (TPSA) is 97.1 Å². The number of rotatable bonds is 3. The Morgan fingerprint density at radius 3 is 2.46 bits per heavy atom. The minimum absolute atomic E-state index is 0.101. The first-order valence-electron chi connectivity index (χ1n) is 7.57. The fraction of sp³-hybridized carbons (Fsp3) is 0.0556.